The highest BCUT2D eigenvalue weighted by Gasteiger charge is 2.21. The van der Waals surface area contributed by atoms with Crippen LogP contribution in [-0.4, -0.2) is 33.9 Å². The van der Waals surface area contributed by atoms with Gasteiger partial charge in [0, 0.05) is 53.7 Å². The number of oxazole rings is 2. The number of anilines is 4. The standard InChI is InChI=1S/C29H29FN6O3.C10H10BrN3O2/c1-7-20-21(18-11-23(26(37)35(6)15-18)34-28-32-13-16(2)39-28)8-9-31-25(20)36-27(38)24-17(14-33-36)10-19(12-22(24)30)29(3,4)5;1-6-4-12-10(16-6)13-8-3-7(11)5-14(2)9(8)15/h8-15H,7H2,1-6H3,(H,32,34);3-5H,1-2H3,(H,12,13). The Hall–Kier alpha value is -6.16. The first-order valence-electron chi connectivity index (χ1n) is 17.2. The van der Waals surface area contributed by atoms with Crippen LogP contribution in [-0.2, 0) is 25.9 Å². The molecule has 0 aliphatic rings. The van der Waals surface area contributed by atoms with Gasteiger partial charge in [-0.25, -0.2) is 19.3 Å². The topological polar surface area (TPSA) is 168 Å². The quantitative estimate of drug-likeness (QED) is 0.165. The molecule has 55 heavy (non-hydrogen) atoms. The summed E-state index contributed by atoms with van der Waals surface area (Å²) in [5.74, 6) is 1.00. The number of fused-ring (bicyclic) bond motifs is 1. The van der Waals surface area contributed by atoms with Crippen molar-refractivity contribution in [2.45, 2.75) is 53.4 Å². The molecule has 0 bridgehead atoms. The number of halogens is 2. The van der Waals surface area contributed by atoms with E-state index < -0.39 is 11.4 Å². The van der Waals surface area contributed by atoms with E-state index >= 15 is 4.39 Å². The molecule has 284 valence electrons. The Morgan fingerprint density at radius 2 is 1.42 bits per heavy atom. The first-order chi connectivity index (χ1) is 26.0. The number of aromatic nitrogens is 7. The third-order valence-corrected chi connectivity index (χ3v) is 9.10. The third kappa shape index (κ3) is 8.18. The van der Waals surface area contributed by atoms with Gasteiger partial charge in [0.1, 0.15) is 28.7 Å². The Morgan fingerprint density at radius 1 is 0.818 bits per heavy atom. The molecule has 2 N–H and O–H groups in total. The van der Waals surface area contributed by atoms with Gasteiger partial charge in [-0.15, -0.1) is 0 Å². The van der Waals surface area contributed by atoms with Gasteiger partial charge in [0.25, 0.3) is 28.7 Å². The lowest BCUT2D eigenvalue weighted by molar-refractivity contribution is 0.545. The van der Waals surface area contributed by atoms with Crippen LogP contribution in [0.2, 0.25) is 0 Å². The molecule has 0 saturated carbocycles. The molecule has 0 aliphatic heterocycles. The molecule has 1 aromatic carbocycles. The largest absolute Gasteiger partial charge is 0.429 e. The molecule has 6 aromatic heterocycles. The Bertz CT molecular complexity index is 2740. The Morgan fingerprint density at radius 3 is 1.98 bits per heavy atom. The zero-order valence-electron chi connectivity index (χ0n) is 31.5. The highest BCUT2D eigenvalue weighted by atomic mass is 79.9. The van der Waals surface area contributed by atoms with Crippen molar-refractivity contribution >= 4 is 50.1 Å². The van der Waals surface area contributed by atoms with Crippen molar-refractivity contribution in [1.82, 2.24) is 33.9 Å². The SMILES string of the molecule is CCc1c(-c2cc(Nc3ncc(C)o3)c(=O)n(C)c2)ccnc1-n1ncc2cc(C(C)(C)C)cc(F)c2c1=O.Cc1cnc(Nc2cc(Br)cn(C)c2=O)o1. The van der Waals surface area contributed by atoms with Crippen molar-refractivity contribution in [1.29, 1.82) is 0 Å². The molecule has 0 saturated heterocycles. The van der Waals surface area contributed by atoms with Crippen LogP contribution in [0.1, 0.15) is 50.3 Å². The summed E-state index contributed by atoms with van der Waals surface area (Å²) in [6, 6.07) is 8.92. The molecule has 0 spiro atoms. The molecule has 0 amide bonds. The predicted octanol–water partition coefficient (Wildman–Crippen LogP) is 7.37. The molecule has 0 fully saturated rings. The van der Waals surface area contributed by atoms with Crippen molar-refractivity contribution in [3.8, 4) is 16.9 Å². The minimum Gasteiger partial charge on any atom is -0.429 e. The zero-order chi connectivity index (χ0) is 39.8. The zero-order valence-corrected chi connectivity index (χ0v) is 33.1. The fourth-order valence-electron chi connectivity index (χ4n) is 5.86. The second-order valence-corrected chi connectivity index (χ2v) is 14.8. The van der Waals surface area contributed by atoms with Crippen LogP contribution in [0, 0.1) is 19.7 Å². The van der Waals surface area contributed by atoms with Gasteiger partial charge >= 0.3 is 0 Å². The summed E-state index contributed by atoms with van der Waals surface area (Å²) < 4.78 is 30.8. The predicted molar refractivity (Wildman–Crippen MR) is 212 cm³/mol. The highest BCUT2D eigenvalue weighted by molar-refractivity contribution is 9.10. The van der Waals surface area contributed by atoms with Gasteiger partial charge in [-0.2, -0.15) is 9.78 Å². The smallest absolute Gasteiger partial charge is 0.299 e. The van der Waals surface area contributed by atoms with Crippen molar-refractivity contribution in [3.63, 3.8) is 0 Å². The molecule has 0 aliphatic carbocycles. The maximum atomic E-state index is 15.3. The first kappa shape index (κ1) is 38.6. The normalized spacial score (nSPS) is 11.4. The molecule has 14 nitrogen and oxygen atoms in total. The van der Waals surface area contributed by atoms with Crippen molar-refractivity contribution < 1.29 is 13.2 Å². The average molecular weight is 813 g/mol. The molecule has 6 heterocycles. The van der Waals surface area contributed by atoms with E-state index in [1.54, 1.807) is 77.1 Å². The summed E-state index contributed by atoms with van der Waals surface area (Å²) in [5, 5.41) is 10.6. The van der Waals surface area contributed by atoms with Crippen molar-refractivity contribution in [3.05, 3.63) is 132 Å². The van der Waals surface area contributed by atoms with Crippen LogP contribution in [0.4, 0.5) is 27.8 Å². The maximum Gasteiger partial charge on any atom is 0.299 e. The summed E-state index contributed by atoms with van der Waals surface area (Å²) in [6.07, 6.45) is 10.1. The molecular formula is C39H39BrFN9O5. The lowest BCUT2D eigenvalue weighted by atomic mass is 9.86. The molecular weight excluding hydrogens is 773 g/mol. The number of nitrogens with zero attached hydrogens (tertiary/aromatic N) is 7. The number of benzene rings is 1. The van der Waals surface area contributed by atoms with Crippen LogP contribution < -0.4 is 27.3 Å². The summed E-state index contributed by atoms with van der Waals surface area (Å²) >= 11 is 3.31. The fourth-order valence-corrected chi connectivity index (χ4v) is 6.40. The average Bonchev–Trinajstić information content (AvgIpc) is 3.74. The summed E-state index contributed by atoms with van der Waals surface area (Å²) in [4.78, 5) is 50.6. The van der Waals surface area contributed by atoms with Crippen LogP contribution in [0.25, 0.3) is 27.7 Å². The summed E-state index contributed by atoms with van der Waals surface area (Å²) in [7, 11) is 3.33. The van der Waals surface area contributed by atoms with Crippen LogP contribution >= 0.6 is 15.9 Å². The summed E-state index contributed by atoms with van der Waals surface area (Å²) in [6.45, 7) is 11.4. The van der Waals surface area contributed by atoms with Crippen molar-refractivity contribution in [2.24, 2.45) is 14.1 Å². The third-order valence-electron chi connectivity index (χ3n) is 8.66. The number of hydrogen-bond acceptors (Lipinski definition) is 11. The minimum absolute atomic E-state index is 0.0397. The number of rotatable bonds is 7. The number of aryl methyl sites for hydroxylation is 4. The first-order valence-corrected chi connectivity index (χ1v) is 18.0. The number of hydrogen-bond donors (Lipinski definition) is 2. The van der Waals surface area contributed by atoms with E-state index in [9.17, 15) is 14.4 Å². The Balaban J connectivity index is 0.000000268. The van der Waals surface area contributed by atoms with Gasteiger partial charge < -0.3 is 28.6 Å². The molecule has 0 radical (unpaired) electrons. The van der Waals surface area contributed by atoms with E-state index in [1.165, 1.54) is 21.4 Å². The van der Waals surface area contributed by atoms with E-state index in [4.69, 9.17) is 8.83 Å². The monoisotopic (exact) mass is 811 g/mol. The fraction of sp³-hybridized carbons (Fsp3) is 0.256. The molecule has 7 aromatic rings. The Labute approximate surface area is 322 Å². The van der Waals surface area contributed by atoms with E-state index in [2.05, 4.69) is 46.6 Å². The summed E-state index contributed by atoms with van der Waals surface area (Å²) in [5.41, 5.74) is 2.36. The van der Waals surface area contributed by atoms with Gasteiger partial charge in [-0.3, -0.25) is 14.4 Å². The minimum atomic E-state index is -0.594. The second-order valence-electron chi connectivity index (χ2n) is 13.9. The number of pyridine rings is 3. The lowest BCUT2D eigenvalue weighted by Crippen LogP contribution is -2.25. The van der Waals surface area contributed by atoms with Gasteiger partial charge in [-0.1, -0.05) is 27.7 Å². The van der Waals surface area contributed by atoms with Crippen LogP contribution in [0.5, 0.6) is 0 Å². The molecule has 16 heteroatoms. The van der Waals surface area contributed by atoms with Crippen LogP contribution in [0.15, 0.2) is 95.2 Å². The molecule has 0 atom stereocenters. The van der Waals surface area contributed by atoms with Gasteiger partial charge in [0.15, 0.2) is 5.82 Å². The molecule has 7 rings (SSSR count). The van der Waals surface area contributed by atoms with E-state index in [0.717, 1.165) is 25.8 Å². The van der Waals surface area contributed by atoms with Gasteiger partial charge in [0.05, 0.1) is 24.0 Å². The van der Waals surface area contributed by atoms with Crippen LogP contribution in [0.3, 0.4) is 0 Å². The van der Waals surface area contributed by atoms with Gasteiger partial charge in [-0.05, 0) is 83.1 Å². The van der Waals surface area contributed by atoms with E-state index in [1.807, 2.05) is 33.8 Å². The van der Waals surface area contributed by atoms with E-state index in [0.29, 0.717) is 46.4 Å². The number of nitrogens with one attached hydrogen (secondary N) is 2. The second kappa shape index (κ2) is 15.3. The van der Waals surface area contributed by atoms with E-state index in [-0.39, 0.29) is 33.6 Å². The Kier molecular flexibility index (Phi) is 10.7. The van der Waals surface area contributed by atoms with Crippen molar-refractivity contribution in [2.75, 3.05) is 10.6 Å². The lowest BCUT2D eigenvalue weighted by Gasteiger charge is -2.20. The molecule has 0 unspecified atom stereocenters. The maximum absolute atomic E-state index is 15.3. The van der Waals surface area contributed by atoms with Gasteiger partial charge in [0.2, 0.25) is 0 Å². The highest BCUT2D eigenvalue weighted by Crippen LogP contribution is 2.30.